The fraction of sp³-hybridized carbons (Fsp3) is 0.0625. The summed E-state index contributed by atoms with van der Waals surface area (Å²) in [6, 6.07) is 39.7. The lowest BCUT2D eigenvalue weighted by atomic mass is 10.0. The third-order valence-electron chi connectivity index (χ3n) is 8.60. The summed E-state index contributed by atoms with van der Waals surface area (Å²) in [4.78, 5) is 13.4. The Balaban J connectivity index is 0.000000249. The summed E-state index contributed by atoms with van der Waals surface area (Å²) in [5.41, 5.74) is 11.0. The average Bonchev–Trinajstić information content (AvgIpc) is 3.40. The van der Waals surface area contributed by atoms with Gasteiger partial charge < -0.3 is 0 Å². The highest BCUT2D eigenvalue weighted by Crippen LogP contribution is 2.24. The first-order chi connectivity index (χ1) is 25.1. The molecule has 3 heteroatoms. The zero-order valence-corrected chi connectivity index (χ0v) is 29.0. The standard InChI is InChI=1S/C33H27N3.C15H14/c1-24(8-6-9-25(2)29-17-18-32-30(21-29)12-7-19-34-32)20-31-22-33(36-23-35-31)28-15-13-27(14-16-28)26-10-4-3-5-11-26;1-2-3-6-13-9-11-14-7-4-5-8-15(14)12-10-13/h3-19,21-23H,2,20H2,1H3;2-9,11-12H,1,10H2/b9-6-,24-8+;6-3-. The molecule has 3 nitrogen and oxygen atoms in total. The molecule has 0 unspecified atom stereocenters. The minimum atomic E-state index is 0.760. The first kappa shape index (κ1) is 34.4. The maximum atomic E-state index is 4.50. The summed E-state index contributed by atoms with van der Waals surface area (Å²) in [6.07, 6.45) is 23.9. The number of allylic oxidation sites excluding steroid dienone is 10. The van der Waals surface area contributed by atoms with Crippen LogP contribution in [0, 0.1) is 0 Å². The van der Waals surface area contributed by atoms with Gasteiger partial charge in [-0.25, -0.2) is 9.97 Å². The van der Waals surface area contributed by atoms with E-state index in [0.29, 0.717) is 0 Å². The lowest BCUT2D eigenvalue weighted by Crippen LogP contribution is -2.22. The first-order valence-corrected chi connectivity index (χ1v) is 17.2. The van der Waals surface area contributed by atoms with Crippen LogP contribution in [0.2, 0.25) is 0 Å². The van der Waals surface area contributed by atoms with Gasteiger partial charge in [0.1, 0.15) is 6.33 Å². The summed E-state index contributed by atoms with van der Waals surface area (Å²) in [7, 11) is 0. The number of fused-ring (bicyclic) bond motifs is 2. The van der Waals surface area contributed by atoms with Gasteiger partial charge in [0.2, 0.25) is 0 Å². The van der Waals surface area contributed by atoms with Crippen LogP contribution in [0.4, 0.5) is 0 Å². The molecule has 0 N–H and O–H groups in total. The van der Waals surface area contributed by atoms with Gasteiger partial charge in [-0.2, -0.15) is 0 Å². The molecule has 1 aliphatic carbocycles. The Bertz CT molecular complexity index is 2390. The highest BCUT2D eigenvalue weighted by atomic mass is 14.8. The van der Waals surface area contributed by atoms with E-state index < -0.39 is 0 Å². The average molecular weight is 660 g/mol. The Morgan fingerprint density at radius 1 is 0.725 bits per heavy atom. The number of hydrogen-bond acceptors (Lipinski definition) is 3. The molecule has 0 saturated carbocycles. The van der Waals surface area contributed by atoms with E-state index >= 15 is 0 Å². The van der Waals surface area contributed by atoms with Gasteiger partial charge in [0, 0.05) is 29.3 Å². The number of aromatic nitrogens is 3. The number of benzene rings is 4. The van der Waals surface area contributed by atoms with Crippen LogP contribution in [0.5, 0.6) is 0 Å². The molecular formula is C48H41N3. The van der Waals surface area contributed by atoms with E-state index in [1.807, 2.05) is 36.5 Å². The topological polar surface area (TPSA) is 38.7 Å². The van der Waals surface area contributed by atoms with Crippen LogP contribution < -0.4 is 10.4 Å². The molecule has 0 spiro atoms. The SMILES string of the molecule is C=C(/C=C\C=C(/C)Cc1cc(-c2ccc(-c3ccccc3)cc2)ncn1)c1ccc2ncccc2c1.C=C/C=C\C1=CC=c2ccccc2=CC1. The van der Waals surface area contributed by atoms with Crippen LogP contribution >= 0.6 is 0 Å². The fourth-order valence-electron chi connectivity index (χ4n) is 5.82. The van der Waals surface area contributed by atoms with E-state index in [0.717, 1.165) is 51.8 Å². The molecule has 6 aromatic rings. The molecule has 248 valence electrons. The fourth-order valence-corrected chi connectivity index (χ4v) is 5.82. The van der Waals surface area contributed by atoms with Crippen molar-refractivity contribution in [2.45, 2.75) is 19.8 Å². The molecule has 4 aromatic carbocycles. The van der Waals surface area contributed by atoms with Gasteiger partial charge in [-0.05, 0) is 75.9 Å². The molecule has 0 aliphatic heterocycles. The monoisotopic (exact) mass is 659 g/mol. The van der Waals surface area contributed by atoms with Crippen molar-refractivity contribution in [2.75, 3.05) is 0 Å². The van der Waals surface area contributed by atoms with Crippen LogP contribution in [0.25, 0.3) is 51.0 Å². The predicted octanol–water partition coefficient (Wildman–Crippen LogP) is 10.4. The zero-order chi connectivity index (χ0) is 35.3. The van der Waals surface area contributed by atoms with Crippen molar-refractivity contribution in [2.24, 2.45) is 0 Å². The summed E-state index contributed by atoms with van der Waals surface area (Å²) >= 11 is 0. The molecule has 51 heavy (non-hydrogen) atoms. The van der Waals surface area contributed by atoms with E-state index in [9.17, 15) is 0 Å². The molecule has 0 amide bonds. The van der Waals surface area contributed by atoms with Crippen molar-refractivity contribution in [1.29, 1.82) is 0 Å². The Hall–Kier alpha value is -6.45. The first-order valence-electron chi connectivity index (χ1n) is 17.2. The maximum absolute atomic E-state index is 4.50. The lowest BCUT2D eigenvalue weighted by molar-refractivity contribution is 1.01. The number of nitrogens with zero attached hydrogens (tertiary/aromatic N) is 3. The van der Waals surface area contributed by atoms with Crippen molar-refractivity contribution in [3.63, 3.8) is 0 Å². The van der Waals surface area contributed by atoms with E-state index in [1.54, 1.807) is 12.4 Å². The van der Waals surface area contributed by atoms with Crippen LogP contribution in [0.3, 0.4) is 0 Å². The molecule has 0 radical (unpaired) electrons. The van der Waals surface area contributed by atoms with Crippen molar-refractivity contribution >= 4 is 28.6 Å². The molecule has 0 atom stereocenters. The van der Waals surface area contributed by atoms with Gasteiger partial charge in [0.05, 0.1) is 11.2 Å². The maximum Gasteiger partial charge on any atom is 0.116 e. The molecule has 1 aliphatic rings. The number of rotatable bonds is 9. The third kappa shape index (κ3) is 9.59. The smallest absolute Gasteiger partial charge is 0.116 e. The van der Waals surface area contributed by atoms with E-state index in [2.05, 4.69) is 169 Å². The molecular weight excluding hydrogens is 619 g/mol. The molecule has 2 heterocycles. The minimum Gasteiger partial charge on any atom is -0.256 e. The van der Waals surface area contributed by atoms with Gasteiger partial charge >= 0.3 is 0 Å². The highest BCUT2D eigenvalue weighted by Gasteiger charge is 2.05. The molecule has 0 fully saturated rings. The number of pyridine rings is 1. The Kier molecular flexibility index (Phi) is 11.7. The summed E-state index contributed by atoms with van der Waals surface area (Å²) in [6.45, 7) is 10.0. The van der Waals surface area contributed by atoms with Crippen molar-refractivity contribution in [1.82, 2.24) is 15.0 Å². The van der Waals surface area contributed by atoms with Crippen LogP contribution in [-0.4, -0.2) is 15.0 Å². The van der Waals surface area contributed by atoms with Gasteiger partial charge in [-0.15, -0.1) is 0 Å². The Morgan fingerprint density at radius 2 is 1.49 bits per heavy atom. The lowest BCUT2D eigenvalue weighted by Gasteiger charge is -2.06. The quantitative estimate of drug-likeness (QED) is 0.145. The molecule has 0 bridgehead atoms. The predicted molar refractivity (Wildman–Crippen MR) is 217 cm³/mol. The van der Waals surface area contributed by atoms with Crippen molar-refractivity contribution < 1.29 is 0 Å². The van der Waals surface area contributed by atoms with Gasteiger partial charge in [0.25, 0.3) is 0 Å². The second kappa shape index (κ2) is 17.3. The third-order valence-corrected chi connectivity index (χ3v) is 8.60. The molecule has 0 saturated heterocycles. The Morgan fingerprint density at radius 3 is 2.31 bits per heavy atom. The summed E-state index contributed by atoms with van der Waals surface area (Å²) in [5.74, 6) is 0. The van der Waals surface area contributed by atoms with Crippen LogP contribution in [0.1, 0.15) is 24.6 Å². The van der Waals surface area contributed by atoms with Crippen LogP contribution in [0.15, 0.2) is 195 Å². The van der Waals surface area contributed by atoms with E-state index in [1.165, 1.54) is 32.7 Å². The zero-order valence-electron chi connectivity index (χ0n) is 29.0. The van der Waals surface area contributed by atoms with Gasteiger partial charge in [-0.1, -0.05) is 164 Å². The summed E-state index contributed by atoms with van der Waals surface area (Å²) in [5, 5.41) is 3.72. The Labute approximate surface area is 301 Å². The van der Waals surface area contributed by atoms with E-state index in [4.69, 9.17) is 0 Å². The van der Waals surface area contributed by atoms with Gasteiger partial charge in [0.15, 0.2) is 0 Å². The normalized spacial score (nSPS) is 12.6. The molecule has 2 aromatic heterocycles. The second-order valence-electron chi connectivity index (χ2n) is 12.4. The second-order valence-corrected chi connectivity index (χ2v) is 12.4. The highest BCUT2D eigenvalue weighted by molar-refractivity contribution is 5.84. The van der Waals surface area contributed by atoms with Crippen molar-refractivity contribution in [3.05, 3.63) is 216 Å². The van der Waals surface area contributed by atoms with Gasteiger partial charge in [-0.3, -0.25) is 4.98 Å². The van der Waals surface area contributed by atoms with Crippen molar-refractivity contribution in [3.8, 4) is 22.4 Å². The molecule has 7 rings (SSSR count). The number of hydrogen-bond donors (Lipinski definition) is 0. The van der Waals surface area contributed by atoms with Crippen LogP contribution in [-0.2, 0) is 6.42 Å². The van der Waals surface area contributed by atoms with E-state index in [-0.39, 0.29) is 0 Å². The minimum absolute atomic E-state index is 0.760. The summed E-state index contributed by atoms with van der Waals surface area (Å²) < 4.78 is 0. The largest absolute Gasteiger partial charge is 0.256 e.